The van der Waals surface area contributed by atoms with Crippen molar-refractivity contribution in [3.63, 3.8) is 0 Å². The molecule has 34 heavy (non-hydrogen) atoms. The Morgan fingerprint density at radius 2 is 1.82 bits per heavy atom. The lowest BCUT2D eigenvalue weighted by atomic mass is 9.76. The number of hydrogen-bond acceptors (Lipinski definition) is 5. The van der Waals surface area contributed by atoms with E-state index in [1.165, 1.54) is 24.2 Å². The summed E-state index contributed by atoms with van der Waals surface area (Å²) < 4.78 is 66.5. The molecular formula is C23H26F3N3O4S. The number of aliphatic carboxylic acids is 1. The maximum Gasteiger partial charge on any atom is 0.417 e. The fraction of sp³-hybridized carbons (Fsp3) is 0.478. The molecule has 2 atom stereocenters. The first-order valence-corrected chi connectivity index (χ1v) is 12.3. The minimum atomic E-state index is -4.54. The first kappa shape index (κ1) is 24.6. The average molecular weight is 498 g/mol. The largest absolute Gasteiger partial charge is 0.481 e. The van der Waals surface area contributed by atoms with E-state index in [1.54, 1.807) is 19.1 Å². The molecule has 1 saturated heterocycles. The van der Waals surface area contributed by atoms with E-state index in [2.05, 4.69) is 10.3 Å². The highest BCUT2D eigenvalue weighted by atomic mass is 32.2. The van der Waals surface area contributed by atoms with Crippen LogP contribution in [0.4, 0.5) is 13.2 Å². The van der Waals surface area contributed by atoms with Crippen LogP contribution in [0.2, 0.25) is 0 Å². The minimum Gasteiger partial charge on any atom is -0.481 e. The van der Waals surface area contributed by atoms with Crippen LogP contribution in [0.5, 0.6) is 0 Å². The third kappa shape index (κ3) is 3.52. The Hall–Kier alpha value is -2.50. The fourth-order valence-electron chi connectivity index (χ4n) is 5.06. The molecule has 2 unspecified atom stereocenters. The number of aryl methyl sites for hydroxylation is 1. The van der Waals surface area contributed by atoms with Crippen LogP contribution in [0, 0.1) is 6.92 Å². The molecule has 0 amide bonds. The predicted octanol–water partition coefficient (Wildman–Crippen LogP) is 2.97. The van der Waals surface area contributed by atoms with E-state index in [1.807, 2.05) is 0 Å². The quantitative estimate of drug-likeness (QED) is 0.674. The second-order valence-electron chi connectivity index (χ2n) is 9.26. The van der Waals surface area contributed by atoms with Gasteiger partial charge < -0.3 is 10.4 Å². The van der Waals surface area contributed by atoms with Crippen molar-refractivity contribution in [2.24, 2.45) is 0 Å². The topological polar surface area (TPSA) is 99.6 Å². The molecular weight excluding hydrogens is 471 g/mol. The van der Waals surface area contributed by atoms with Crippen molar-refractivity contribution >= 4 is 16.0 Å². The lowest BCUT2D eigenvalue weighted by molar-refractivity contribution is -0.144. The summed E-state index contributed by atoms with van der Waals surface area (Å²) in [7, 11) is -4.08. The maximum atomic E-state index is 13.9. The van der Waals surface area contributed by atoms with Gasteiger partial charge in [0.1, 0.15) is 10.2 Å². The summed E-state index contributed by atoms with van der Waals surface area (Å²) in [6, 6.07) is 5.52. The molecule has 0 bridgehead atoms. The number of carboxylic acid groups (broad SMARTS) is 1. The van der Waals surface area contributed by atoms with Crippen LogP contribution in [0.1, 0.15) is 36.1 Å². The molecule has 1 aromatic carbocycles. The molecule has 2 aromatic rings. The number of sulfonamides is 1. The van der Waals surface area contributed by atoms with Crippen molar-refractivity contribution in [3.05, 3.63) is 52.7 Å². The van der Waals surface area contributed by atoms with Crippen molar-refractivity contribution in [1.29, 1.82) is 0 Å². The zero-order valence-corrected chi connectivity index (χ0v) is 19.8. The van der Waals surface area contributed by atoms with Gasteiger partial charge in [-0.25, -0.2) is 8.42 Å². The highest BCUT2D eigenvalue weighted by Crippen LogP contribution is 2.54. The Bertz CT molecular complexity index is 1240. The van der Waals surface area contributed by atoms with Gasteiger partial charge in [-0.15, -0.1) is 0 Å². The monoisotopic (exact) mass is 497 g/mol. The van der Waals surface area contributed by atoms with Crippen LogP contribution in [0.15, 0.2) is 30.5 Å². The smallest absolute Gasteiger partial charge is 0.417 e. The minimum absolute atomic E-state index is 0.101. The lowest BCUT2D eigenvalue weighted by Gasteiger charge is -2.42. The van der Waals surface area contributed by atoms with Gasteiger partial charge in [0, 0.05) is 37.9 Å². The van der Waals surface area contributed by atoms with Gasteiger partial charge in [-0.05, 0) is 56.5 Å². The standard InChI is InChI=1S/C23H26F3N3O4S/c1-14-10-16(19-5-4-15(13-28-19)23(24,25)26)17-12-21(2,22(3,20(30)31)18(17)11-14)34(32,33)29-8-6-27-7-9-29/h4-5,10-11,13,27H,6-9,12H2,1-3H3,(H,30,31). The number of carbonyl (C=O) groups is 1. The molecule has 1 aliphatic carbocycles. The van der Waals surface area contributed by atoms with Crippen molar-refractivity contribution in [2.75, 3.05) is 26.2 Å². The second-order valence-corrected chi connectivity index (χ2v) is 11.6. The molecule has 2 N–H and O–H groups in total. The number of rotatable bonds is 4. The zero-order valence-electron chi connectivity index (χ0n) is 19.0. The highest BCUT2D eigenvalue weighted by Gasteiger charge is 2.65. The number of pyridine rings is 1. The number of hydrogen-bond donors (Lipinski definition) is 2. The summed E-state index contributed by atoms with van der Waals surface area (Å²) in [6.45, 7) is 6.00. The van der Waals surface area contributed by atoms with Crippen LogP contribution < -0.4 is 5.32 Å². The summed E-state index contributed by atoms with van der Waals surface area (Å²) >= 11 is 0. The zero-order chi connectivity index (χ0) is 25.1. The van der Waals surface area contributed by atoms with Crippen molar-refractivity contribution in [3.8, 4) is 11.3 Å². The molecule has 2 heterocycles. The van der Waals surface area contributed by atoms with Gasteiger partial charge in [0.15, 0.2) is 0 Å². The van der Waals surface area contributed by atoms with Crippen LogP contribution in [0.25, 0.3) is 11.3 Å². The molecule has 1 aromatic heterocycles. The van der Waals surface area contributed by atoms with E-state index in [0.29, 0.717) is 35.3 Å². The number of benzene rings is 1. The van der Waals surface area contributed by atoms with Crippen molar-refractivity contribution < 1.29 is 31.5 Å². The van der Waals surface area contributed by atoms with E-state index in [0.717, 1.165) is 12.3 Å². The number of halogens is 3. The Kier molecular flexibility index (Phi) is 5.81. The number of piperazine rings is 1. The molecule has 2 aliphatic rings. The number of nitrogens with zero attached hydrogens (tertiary/aromatic N) is 2. The van der Waals surface area contributed by atoms with Gasteiger partial charge in [-0.1, -0.05) is 11.6 Å². The molecule has 0 spiro atoms. The Labute approximate surface area is 196 Å². The van der Waals surface area contributed by atoms with E-state index in [9.17, 15) is 31.5 Å². The second kappa shape index (κ2) is 8.03. The molecule has 1 aliphatic heterocycles. The van der Waals surface area contributed by atoms with Crippen LogP contribution >= 0.6 is 0 Å². The van der Waals surface area contributed by atoms with Gasteiger partial charge in [-0.2, -0.15) is 17.5 Å². The van der Waals surface area contributed by atoms with E-state index >= 15 is 0 Å². The van der Waals surface area contributed by atoms with E-state index < -0.39 is 37.9 Å². The summed E-state index contributed by atoms with van der Waals surface area (Å²) in [5, 5.41) is 13.5. The first-order valence-electron chi connectivity index (χ1n) is 10.8. The number of alkyl halides is 3. The maximum absolute atomic E-state index is 13.9. The van der Waals surface area contributed by atoms with Gasteiger partial charge in [0.05, 0.1) is 11.3 Å². The van der Waals surface area contributed by atoms with Gasteiger partial charge in [-0.3, -0.25) is 9.78 Å². The summed E-state index contributed by atoms with van der Waals surface area (Å²) in [4.78, 5) is 16.7. The molecule has 7 nitrogen and oxygen atoms in total. The molecule has 1 fully saturated rings. The molecule has 184 valence electrons. The molecule has 11 heteroatoms. The first-order chi connectivity index (χ1) is 15.7. The fourth-order valence-corrected chi connectivity index (χ4v) is 7.33. The molecule has 0 saturated carbocycles. The Morgan fingerprint density at radius 1 is 1.18 bits per heavy atom. The average Bonchev–Trinajstić information content (AvgIpc) is 3.03. The Balaban J connectivity index is 1.90. The third-order valence-electron chi connectivity index (χ3n) is 7.28. The number of aromatic nitrogens is 1. The van der Waals surface area contributed by atoms with Gasteiger partial charge >= 0.3 is 12.1 Å². The normalized spacial score (nSPS) is 25.8. The van der Waals surface area contributed by atoms with Gasteiger partial charge in [0.25, 0.3) is 0 Å². The number of nitrogens with one attached hydrogen (secondary N) is 1. The summed E-state index contributed by atoms with van der Waals surface area (Å²) in [5.41, 5.74) is -0.533. The SMILES string of the molecule is Cc1cc(-c2ccc(C(F)(F)F)cn2)c2c(c1)C(C)(C(=O)O)C(C)(S(=O)(=O)N1CCNCC1)C2. The summed E-state index contributed by atoms with van der Waals surface area (Å²) in [5.74, 6) is -1.27. The third-order valence-corrected chi connectivity index (χ3v) is 10.0. The van der Waals surface area contributed by atoms with Crippen LogP contribution in [-0.4, -0.2) is 59.7 Å². The van der Waals surface area contributed by atoms with Crippen LogP contribution in [0.3, 0.4) is 0 Å². The molecule has 0 radical (unpaired) electrons. The number of fused-ring (bicyclic) bond motifs is 1. The van der Waals surface area contributed by atoms with Crippen molar-refractivity contribution in [2.45, 2.75) is 43.5 Å². The predicted molar refractivity (Wildman–Crippen MR) is 120 cm³/mol. The number of carboxylic acids is 1. The highest BCUT2D eigenvalue weighted by molar-refractivity contribution is 7.90. The lowest BCUT2D eigenvalue weighted by Crippen LogP contribution is -2.61. The van der Waals surface area contributed by atoms with E-state index in [-0.39, 0.29) is 25.2 Å². The van der Waals surface area contributed by atoms with Crippen LogP contribution in [-0.2, 0) is 32.8 Å². The van der Waals surface area contributed by atoms with Gasteiger partial charge in [0.2, 0.25) is 10.0 Å². The molecule has 4 rings (SSSR count). The van der Waals surface area contributed by atoms with E-state index in [4.69, 9.17) is 0 Å². The summed E-state index contributed by atoms with van der Waals surface area (Å²) in [6.07, 6.45) is -3.92. The Morgan fingerprint density at radius 3 is 2.35 bits per heavy atom. The van der Waals surface area contributed by atoms with Crippen molar-refractivity contribution in [1.82, 2.24) is 14.6 Å².